The van der Waals surface area contributed by atoms with Gasteiger partial charge in [0.2, 0.25) is 0 Å². The van der Waals surface area contributed by atoms with Crippen molar-refractivity contribution >= 4 is 22.8 Å². The first kappa shape index (κ1) is 21.3. The van der Waals surface area contributed by atoms with Gasteiger partial charge in [0.25, 0.3) is 5.56 Å². The van der Waals surface area contributed by atoms with Gasteiger partial charge in [-0.2, -0.15) is 0 Å². The number of aliphatic hydroxyl groups is 1. The van der Waals surface area contributed by atoms with Gasteiger partial charge in [0, 0.05) is 37.7 Å². The van der Waals surface area contributed by atoms with Crippen molar-refractivity contribution in [3.63, 3.8) is 0 Å². The highest BCUT2D eigenvalue weighted by atomic mass is 35.5. The van der Waals surface area contributed by atoms with Gasteiger partial charge < -0.3 is 9.67 Å². The molecule has 31 heavy (non-hydrogen) atoms. The Hall–Kier alpha value is -2.97. The number of rotatable bonds is 6. The number of allylic oxidation sites excluding steroid dienone is 4. The number of fused-ring (bicyclic) bond motifs is 1. The van der Waals surface area contributed by atoms with Crippen LogP contribution < -0.4 is 11.2 Å². The fourth-order valence-corrected chi connectivity index (χ4v) is 4.09. The zero-order valence-corrected chi connectivity index (χ0v) is 17.7. The average Bonchev–Trinajstić information content (AvgIpc) is 3.13. The van der Waals surface area contributed by atoms with Crippen molar-refractivity contribution in [2.75, 3.05) is 6.61 Å². The van der Waals surface area contributed by atoms with E-state index in [2.05, 4.69) is 4.98 Å². The van der Waals surface area contributed by atoms with Crippen molar-refractivity contribution in [3.05, 3.63) is 85.6 Å². The van der Waals surface area contributed by atoms with Crippen molar-refractivity contribution in [2.45, 2.75) is 31.8 Å². The molecule has 9 heteroatoms. The Morgan fingerprint density at radius 2 is 1.97 bits per heavy atom. The monoisotopic (exact) mass is 444 g/mol. The van der Waals surface area contributed by atoms with E-state index in [9.17, 15) is 14.0 Å². The molecule has 0 radical (unpaired) electrons. The van der Waals surface area contributed by atoms with Crippen LogP contribution in [0.2, 0.25) is 0 Å². The largest absolute Gasteiger partial charge is 0.396 e. The molecular formula is C22H22ClFN4O3. The summed E-state index contributed by atoms with van der Waals surface area (Å²) in [7, 11) is 1.57. The van der Waals surface area contributed by atoms with Crippen LogP contribution in [0.15, 0.2) is 57.1 Å². The van der Waals surface area contributed by atoms with Gasteiger partial charge in [-0.1, -0.05) is 35.9 Å². The molecule has 0 aliphatic heterocycles. The molecule has 3 aromatic rings. The molecule has 0 saturated heterocycles. The second kappa shape index (κ2) is 8.64. The van der Waals surface area contributed by atoms with E-state index < -0.39 is 11.2 Å². The van der Waals surface area contributed by atoms with E-state index in [-0.39, 0.29) is 43.5 Å². The van der Waals surface area contributed by atoms with Gasteiger partial charge in [-0.25, -0.2) is 14.2 Å². The number of hydrogen-bond donors (Lipinski definition) is 1. The molecule has 0 saturated carbocycles. The lowest BCUT2D eigenvalue weighted by Crippen LogP contribution is -2.40. The third-order valence-corrected chi connectivity index (χ3v) is 5.70. The van der Waals surface area contributed by atoms with Crippen LogP contribution in [-0.4, -0.2) is 30.4 Å². The summed E-state index contributed by atoms with van der Waals surface area (Å²) in [6.07, 6.45) is 6.42. The molecule has 0 spiro atoms. The third kappa shape index (κ3) is 4.00. The zero-order chi connectivity index (χ0) is 22.1. The minimum Gasteiger partial charge on any atom is -0.396 e. The maximum atomic E-state index is 13.4. The van der Waals surface area contributed by atoms with Gasteiger partial charge in [0.15, 0.2) is 11.2 Å². The van der Waals surface area contributed by atoms with Crippen molar-refractivity contribution in [3.8, 4) is 0 Å². The molecule has 1 aliphatic carbocycles. The fourth-order valence-electron chi connectivity index (χ4n) is 3.85. The van der Waals surface area contributed by atoms with Crippen LogP contribution in [0.1, 0.15) is 30.1 Å². The number of aryl methyl sites for hydroxylation is 1. The summed E-state index contributed by atoms with van der Waals surface area (Å²) < 4.78 is 17.7. The summed E-state index contributed by atoms with van der Waals surface area (Å²) in [5.41, 5.74) is 0.415. The molecule has 2 heterocycles. The topological polar surface area (TPSA) is 82.0 Å². The second-order valence-electron chi connectivity index (χ2n) is 7.54. The molecule has 0 fully saturated rings. The van der Waals surface area contributed by atoms with Crippen LogP contribution >= 0.6 is 11.6 Å². The minimum absolute atomic E-state index is 0.104. The standard InChI is InChI=1S/C22H22ClFN4O3/c1-26-20-18(21(30)27(22(26)31)10-3-11-29)28(13-14-6-8-17(24)9-7-14)19(25-20)15-4-2-5-16(23)12-15/h2,4-9,15,29H,3,10-13H2,1H3. The number of nitrogens with zero attached hydrogens (tertiary/aromatic N) is 4. The van der Waals surface area contributed by atoms with E-state index in [1.165, 1.54) is 16.7 Å². The summed E-state index contributed by atoms with van der Waals surface area (Å²) >= 11 is 6.25. The Morgan fingerprint density at radius 3 is 2.65 bits per heavy atom. The summed E-state index contributed by atoms with van der Waals surface area (Å²) in [6.45, 7) is 0.254. The highest BCUT2D eigenvalue weighted by molar-refractivity contribution is 6.29. The van der Waals surface area contributed by atoms with Gasteiger partial charge in [-0.3, -0.25) is 13.9 Å². The van der Waals surface area contributed by atoms with Crippen LogP contribution in [0.5, 0.6) is 0 Å². The van der Waals surface area contributed by atoms with E-state index in [0.29, 0.717) is 22.8 Å². The molecule has 1 aliphatic rings. The molecule has 1 aromatic carbocycles. The summed E-state index contributed by atoms with van der Waals surface area (Å²) in [5, 5.41) is 9.83. The van der Waals surface area contributed by atoms with Crippen LogP contribution in [0, 0.1) is 5.82 Å². The Balaban J connectivity index is 1.96. The Kier molecular flexibility index (Phi) is 5.93. The van der Waals surface area contributed by atoms with E-state index in [4.69, 9.17) is 16.7 Å². The zero-order valence-electron chi connectivity index (χ0n) is 17.0. The smallest absolute Gasteiger partial charge is 0.332 e. The molecule has 4 rings (SSSR count). The summed E-state index contributed by atoms with van der Waals surface area (Å²) in [4.78, 5) is 30.8. The molecule has 0 amide bonds. The summed E-state index contributed by atoms with van der Waals surface area (Å²) in [5.74, 6) is 0.0833. The van der Waals surface area contributed by atoms with Crippen LogP contribution in [0.4, 0.5) is 4.39 Å². The third-order valence-electron chi connectivity index (χ3n) is 5.42. The molecule has 2 aromatic heterocycles. The van der Waals surface area contributed by atoms with E-state index >= 15 is 0 Å². The number of aromatic nitrogens is 4. The molecule has 0 bridgehead atoms. The van der Waals surface area contributed by atoms with Crippen molar-refractivity contribution in [1.29, 1.82) is 0 Å². The Labute approximate surface area is 182 Å². The van der Waals surface area contributed by atoms with E-state index in [1.807, 2.05) is 18.2 Å². The van der Waals surface area contributed by atoms with Gasteiger partial charge in [0.1, 0.15) is 11.6 Å². The predicted octanol–water partition coefficient (Wildman–Crippen LogP) is 2.63. The normalized spacial score (nSPS) is 16.1. The highest BCUT2D eigenvalue weighted by Gasteiger charge is 2.25. The average molecular weight is 445 g/mol. The number of benzene rings is 1. The molecule has 162 valence electrons. The maximum absolute atomic E-state index is 13.4. The first-order valence-electron chi connectivity index (χ1n) is 9.99. The maximum Gasteiger partial charge on any atom is 0.332 e. The number of imidazole rings is 1. The highest BCUT2D eigenvalue weighted by Crippen LogP contribution is 2.31. The van der Waals surface area contributed by atoms with E-state index in [1.54, 1.807) is 23.7 Å². The predicted molar refractivity (Wildman–Crippen MR) is 117 cm³/mol. The number of hydrogen-bond acceptors (Lipinski definition) is 4. The molecular weight excluding hydrogens is 423 g/mol. The minimum atomic E-state index is -0.485. The first-order chi connectivity index (χ1) is 14.9. The first-order valence-corrected chi connectivity index (χ1v) is 10.4. The number of aliphatic hydroxyl groups excluding tert-OH is 1. The Bertz CT molecular complexity index is 1300. The molecule has 1 N–H and O–H groups in total. The van der Waals surface area contributed by atoms with Crippen molar-refractivity contribution < 1.29 is 9.50 Å². The number of halogens is 2. The Morgan fingerprint density at radius 1 is 1.23 bits per heavy atom. The van der Waals surface area contributed by atoms with E-state index in [0.717, 1.165) is 10.1 Å². The van der Waals surface area contributed by atoms with Crippen LogP contribution in [0.25, 0.3) is 11.2 Å². The lowest BCUT2D eigenvalue weighted by molar-refractivity contribution is 0.277. The lowest BCUT2D eigenvalue weighted by Gasteiger charge is -2.17. The van der Waals surface area contributed by atoms with Gasteiger partial charge in [0.05, 0.1) is 0 Å². The van der Waals surface area contributed by atoms with Gasteiger partial charge in [-0.15, -0.1) is 0 Å². The summed E-state index contributed by atoms with van der Waals surface area (Å²) in [6, 6.07) is 6.04. The molecule has 1 unspecified atom stereocenters. The van der Waals surface area contributed by atoms with Crippen molar-refractivity contribution in [2.24, 2.45) is 7.05 Å². The van der Waals surface area contributed by atoms with Gasteiger partial charge in [-0.05, 0) is 36.6 Å². The molecule has 7 nitrogen and oxygen atoms in total. The SMILES string of the molecule is Cn1c(=O)n(CCCO)c(=O)c2c1nc(C1C=CC=C(Cl)C1)n2Cc1ccc(F)cc1. The fraction of sp³-hybridized carbons (Fsp3) is 0.318. The van der Waals surface area contributed by atoms with Crippen LogP contribution in [-0.2, 0) is 20.1 Å². The van der Waals surface area contributed by atoms with Crippen LogP contribution in [0.3, 0.4) is 0 Å². The quantitative estimate of drug-likeness (QED) is 0.633. The lowest BCUT2D eigenvalue weighted by atomic mass is 9.99. The second-order valence-corrected chi connectivity index (χ2v) is 8.02. The molecule has 1 atom stereocenters. The van der Waals surface area contributed by atoms with Gasteiger partial charge >= 0.3 is 5.69 Å². The van der Waals surface area contributed by atoms with Crippen molar-refractivity contribution in [1.82, 2.24) is 18.7 Å².